The van der Waals surface area contributed by atoms with Gasteiger partial charge in [-0.2, -0.15) is 0 Å². The summed E-state index contributed by atoms with van der Waals surface area (Å²) in [5, 5.41) is 14.4. The van der Waals surface area contributed by atoms with Crippen LogP contribution in [0.4, 0.5) is 4.79 Å². The van der Waals surface area contributed by atoms with Crippen LogP contribution in [0.2, 0.25) is 0 Å². The van der Waals surface area contributed by atoms with Gasteiger partial charge in [0.1, 0.15) is 12.4 Å². The Morgan fingerprint density at radius 1 is 1.00 bits per heavy atom. The van der Waals surface area contributed by atoms with E-state index in [1.807, 2.05) is 31.2 Å². The van der Waals surface area contributed by atoms with E-state index in [4.69, 9.17) is 14.3 Å². The van der Waals surface area contributed by atoms with E-state index < -0.39 is 12.1 Å². The number of rotatable bonds is 10. The second-order valence-corrected chi connectivity index (χ2v) is 8.46. The minimum atomic E-state index is -1.16. The molecule has 1 aromatic heterocycles. The van der Waals surface area contributed by atoms with E-state index >= 15 is 0 Å². The van der Waals surface area contributed by atoms with E-state index in [1.54, 1.807) is 0 Å². The first-order valence-corrected chi connectivity index (χ1v) is 11.7. The van der Waals surface area contributed by atoms with Crippen molar-refractivity contribution in [3.8, 4) is 11.1 Å². The third-order valence-corrected chi connectivity index (χ3v) is 6.21. The Hall–Kier alpha value is -4.07. The van der Waals surface area contributed by atoms with Gasteiger partial charge in [-0.05, 0) is 47.2 Å². The van der Waals surface area contributed by atoms with Gasteiger partial charge in [0.2, 0.25) is 11.7 Å². The molecule has 182 valence electrons. The van der Waals surface area contributed by atoms with Crippen molar-refractivity contribution in [1.29, 1.82) is 0 Å². The number of carbonyl (C=O) groups excluding carboxylic acids is 2. The summed E-state index contributed by atoms with van der Waals surface area (Å²) in [5.41, 5.74) is 4.64. The fraction of sp³-hybridized carbons (Fsp3) is 0.296. The maximum atomic E-state index is 12.5. The van der Waals surface area contributed by atoms with Crippen molar-refractivity contribution in [3.63, 3.8) is 0 Å². The zero-order chi connectivity index (χ0) is 24.8. The molecule has 2 amide bonds. The van der Waals surface area contributed by atoms with E-state index in [0.29, 0.717) is 18.6 Å². The highest BCUT2D eigenvalue weighted by Gasteiger charge is 2.29. The molecule has 0 saturated heterocycles. The SMILES string of the molecule is CCC(CCC(=O)NCc1ccc(C(=O)O)o1)NC(=O)OCC1c2ccccc2-c2ccccc21. The third-order valence-electron chi connectivity index (χ3n) is 6.21. The molecule has 0 spiro atoms. The Bertz CT molecular complexity index is 1170. The number of fused-ring (bicyclic) bond motifs is 3. The molecule has 0 aliphatic heterocycles. The van der Waals surface area contributed by atoms with Crippen LogP contribution in [0.3, 0.4) is 0 Å². The molecule has 4 rings (SSSR count). The molecule has 3 aromatic rings. The van der Waals surface area contributed by atoms with Gasteiger partial charge in [-0.1, -0.05) is 55.5 Å². The van der Waals surface area contributed by atoms with Crippen molar-refractivity contribution < 1.29 is 28.6 Å². The number of benzene rings is 2. The van der Waals surface area contributed by atoms with Crippen LogP contribution in [0.1, 0.15) is 59.5 Å². The molecule has 3 N–H and O–H groups in total. The molecule has 2 aromatic carbocycles. The summed E-state index contributed by atoms with van der Waals surface area (Å²) >= 11 is 0. The van der Waals surface area contributed by atoms with Gasteiger partial charge in [-0.3, -0.25) is 4.79 Å². The molecule has 1 aliphatic carbocycles. The minimum absolute atomic E-state index is 0.0118. The molecular formula is C27H28N2O6. The summed E-state index contributed by atoms with van der Waals surface area (Å²) in [5.74, 6) is -1.20. The summed E-state index contributed by atoms with van der Waals surface area (Å²) in [6.07, 6.45) is 0.799. The largest absolute Gasteiger partial charge is 0.475 e. The number of aromatic carboxylic acids is 1. The summed E-state index contributed by atoms with van der Waals surface area (Å²) < 4.78 is 10.7. The van der Waals surface area contributed by atoms with Crippen LogP contribution in [0.5, 0.6) is 0 Å². The lowest BCUT2D eigenvalue weighted by atomic mass is 9.98. The highest BCUT2D eigenvalue weighted by molar-refractivity contribution is 5.84. The van der Waals surface area contributed by atoms with Crippen molar-refractivity contribution in [2.75, 3.05) is 6.61 Å². The second-order valence-electron chi connectivity index (χ2n) is 8.46. The van der Waals surface area contributed by atoms with E-state index in [0.717, 1.165) is 11.1 Å². The van der Waals surface area contributed by atoms with Crippen molar-refractivity contribution >= 4 is 18.0 Å². The highest BCUT2D eigenvalue weighted by atomic mass is 16.5. The maximum Gasteiger partial charge on any atom is 0.407 e. The molecule has 8 heteroatoms. The molecule has 35 heavy (non-hydrogen) atoms. The van der Waals surface area contributed by atoms with Gasteiger partial charge in [0.05, 0.1) is 6.54 Å². The van der Waals surface area contributed by atoms with E-state index in [2.05, 4.69) is 34.9 Å². The lowest BCUT2D eigenvalue weighted by molar-refractivity contribution is -0.121. The highest BCUT2D eigenvalue weighted by Crippen LogP contribution is 2.44. The first kappa shape index (κ1) is 24.1. The number of nitrogens with one attached hydrogen (secondary N) is 2. The number of amides is 2. The molecule has 0 bridgehead atoms. The second kappa shape index (κ2) is 10.9. The van der Waals surface area contributed by atoms with E-state index in [9.17, 15) is 14.4 Å². The fourth-order valence-corrected chi connectivity index (χ4v) is 4.35. The van der Waals surface area contributed by atoms with E-state index in [1.165, 1.54) is 23.3 Å². The van der Waals surface area contributed by atoms with Crippen LogP contribution < -0.4 is 10.6 Å². The molecular weight excluding hydrogens is 448 g/mol. The van der Waals surface area contributed by atoms with Gasteiger partial charge in [0.25, 0.3) is 0 Å². The average Bonchev–Trinajstić information content (AvgIpc) is 3.47. The van der Waals surface area contributed by atoms with Gasteiger partial charge in [0, 0.05) is 18.4 Å². The van der Waals surface area contributed by atoms with E-state index in [-0.39, 0.29) is 43.2 Å². The van der Waals surface area contributed by atoms with Gasteiger partial charge in [-0.25, -0.2) is 9.59 Å². The number of carbonyl (C=O) groups is 3. The predicted octanol–water partition coefficient (Wildman–Crippen LogP) is 4.69. The Kier molecular flexibility index (Phi) is 7.50. The van der Waals surface area contributed by atoms with Crippen LogP contribution in [-0.2, 0) is 16.1 Å². The lowest BCUT2D eigenvalue weighted by Gasteiger charge is -2.19. The molecule has 1 heterocycles. The molecule has 1 atom stereocenters. The predicted molar refractivity (Wildman–Crippen MR) is 129 cm³/mol. The number of ether oxygens (including phenoxy) is 1. The first-order chi connectivity index (χ1) is 17.0. The number of carboxylic acids is 1. The Balaban J connectivity index is 1.24. The van der Waals surface area contributed by atoms with Crippen LogP contribution in [0.25, 0.3) is 11.1 Å². The van der Waals surface area contributed by atoms with Gasteiger partial charge in [0.15, 0.2) is 0 Å². The lowest BCUT2D eigenvalue weighted by Crippen LogP contribution is -2.36. The standard InChI is InChI=1S/C27H28N2O6/c1-2-17(11-14-25(30)28-15-18-12-13-24(35-18)26(31)32)29-27(33)34-16-23-21-9-5-3-7-19(21)20-8-4-6-10-22(20)23/h3-10,12-13,17,23H,2,11,14-16H2,1H3,(H,28,30)(H,29,33)(H,31,32). The molecule has 0 saturated carbocycles. The van der Waals surface area contributed by atoms with Gasteiger partial charge < -0.3 is 24.9 Å². The first-order valence-electron chi connectivity index (χ1n) is 11.7. The van der Waals surface area contributed by atoms with Crippen molar-refractivity contribution in [2.24, 2.45) is 0 Å². The summed E-state index contributed by atoms with van der Waals surface area (Å²) in [7, 11) is 0. The van der Waals surface area contributed by atoms with Crippen LogP contribution in [-0.4, -0.2) is 35.7 Å². The normalized spacial score (nSPS) is 12.9. The third kappa shape index (κ3) is 5.71. The summed E-state index contributed by atoms with van der Waals surface area (Å²) in [6, 6.07) is 19.0. The average molecular weight is 477 g/mol. The Morgan fingerprint density at radius 3 is 2.26 bits per heavy atom. The number of carboxylic acid groups (broad SMARTS) is 1. The van der Waals surface area contributed by atoms with Crippen LogP contribution >= 0.6 is 0 Å². The van der Waals surface area contributed by atoms with Crippen molar-refractivity contribution in [2.45, 2.75) is 44.7 Å². The Morgan fingerprint density at radius 2 is 1.66 bits per heavy atom. The molecule has 0 fully saturated rings. The topological polar surface area (TPSA) is 118 Å². The van der Waals surface area contributed by atoms with Crippen molar-refractivity contribution in [1.82, 2.24) is 10.6 Å². The minimum Gasteiger partial charge on any atom is -0.475 e. The quantitative estimate of drug-likeness (QED) is 0.391. The zero-order valence-electron chi connectivity index (χ0n) is 19.5. The summed E-state index contributed by atoms with van der Waals surface area (Å²) in [4.78, 5) is 35.6. The monoisotopic (exact) mass is 476 g/mol. The maximum absolute atomic E-state index is 12.5. The van der Waals surface area contributed by atoms with Crippen LogP contribution in [0, 0.1) is 0 Å². The smallest absolute Gasteiger partial charge is 0.407 e. The molecule has 8 nitrogen and oxygen atoms in total. The number of furan rings is 1. The fourth-order valence-electron chi connectivity index (χ4n) is 4.35. The summed E-state index contributed by atoms with van der Waals surface area (Å²) in [6.45, 7) is 2.27. The molecule has 0 radical (unpaired) electrons. The molecule has 1 unspecified atom stereocenters. The number of hydrogen-bond donors (Lipinski definition) is 3. The number of alkyl carbamates (subject to hydrolysis) is 1. The number of hydrogen-bond acceptors (Lipinski definition) is 5. The Labute approximate surface area is 203 Å². The van der Waals surface area contributed by atoms with Crippen molar-refractivity contribution in [3.05, 3.63) is 83.3 Å². The van der Waals surface area contributed by atoms with Gasteiger partial charge >= 0.3 is 12.1 Å². The molecule has 1 aliphatic rings. The van der Waals surface area contributed by atoms with Crippen LogP contribution in [0.15, 0.2) is 65.1 Å². The zero-order valence-corrected chi connectivity index (χ0v) is 19.5. The van der Waals surface area contributed by atoms with Gasteiger partial charge in [-0.15, -0.1) is 0 Å².